The number of benzene rings is 1. The maximum Gasteiger partial charge on any atom is 0.317 e. The molecule has 0 spiro atoms. The van der Waals surface area contributed by atoms with Gasteiger partial charge in [0.05, 0.1) is 12.5 Å². The molecule has 2 amide bonds. The van der Waals surface area contributed by atoms with Gasteiger partial charge in [-0.3, -0.25) is 9.48 Å². The van der Waals surface area contributed by atoms with Crippen LogP contribution in [0.3, 0.4) is 0 Å². The Morgan fingerprint density at radius 2 is 1.84 bits per heavy atom. The molecule has 0 bridgehead atoms. The molecule has 3 rings (SSSR count). The average Bonchev–Trinajstić information content (AvgIpc) is 3.14. The number of aromatic nitrogens is 2. The van der Waals surface area contributed by atoms with Crippen LogP contribution in [0.1, 0.15) is 24.0 Å². The number of carbonyl (C=O) groups excluding carboxylic acids is 1. The highest BCUT2D eigenvalue weighted by atomic mass is 16.4. The molecular weight excluding hydrogens is 320 g/mol. The molecule has 2 N–H and O–H groups in total. The van der Waals surface area contributed by atoms with Crippen LogP contribution in [-0.4, -0.2) is 44.9 Å². The quantitative estimate of drug-likeness (QED) is 0.869. The van der Waals surface area contributed by atoms with Crippen molar-refractivity contribution in [2.45, 2.75) is 25.9 Å². The second-order valence-corrected chi connectivity index (χ2v) is 6.28. The molecule has 2 aromatic rings. The SMILES string of the molecule is O=C(O)C1CCN(C(=O)NCc2ccc(Cn3cccn3)cc2)CC1. The van der Waals surface area contributed by atoms with E-state index in [1.807, 2.05) is 41.2 Å². The third-order valence-electron chi connectivity index (χ3n) is 4.50. The number of aliphatic carboxylic acids is 1. The predicted octanol–water partition coefficient (Wildman–Crippen LogP) is 1.94. The highest BCUT2D eigenvalue weighted by molar-refractivity contribution is 5.75. The number of nitrogens with zero attached hydrogens (tertiary/aromatic N) is 3. The minimum absolute atomic E-state index is 0.135. The Balaban J connectivity index is 1.45. The van der Waals surface area contributed by atoms with Crippen LogP contribution in [0, 0.1) is 5.92 Å². The van der Waals surface area contributed by atoms with E-state index >= 15 is 0 Å². The molecule has 132 valence electrons. The van der Waals surface area contributed by atoms with E-state index in [1.54, 1.807) is 11.1 Å². The van der Waals surface area contributed by atoms with Crippen LogP contribution in [0.2, 0.25) is 0 Å². The fourth-order valence-corrected chi connectivity index (χ4v) is 2.96. The van der Waals surface area contributed by atoms with Crippen molar-refractivity contribution in [3.8, 4) is 0 Å². The van der Waals surface area contributed by atoms with Gasteiger partial charge in [-0.1, -0.05) is 24.3 Å². The number of amides is 2. The summed E-state index contributed by atoms with van der Waals surface area (Å²) >= 11 is 0. The summed E-state index contributed by atoms with van der Waals surface area (Å²) in [5.41, 5.74) is 2.17. The van der Waals surface area contributed by atoms with Gasteiger partial charge >= 0.3 is 12.0 Å². The number of hydrogen-bond acceptors (Lipinski definition) is 3. The molecule has 1 aliphatic heterocycles. The number of piperidine rings is 1. The van der Waals surface area contributed by atoms with Crippen LogP contribution in [-0.2, 0) is 17.9 Å². The van der Waals surface area contributed by atoms with Gasteiger partial charge in [0.1, 0.15) is 0 Å². The highest BCUT2D eigenvalue weighted by Crippen LogP contribution is 2.17. The number of rotatable bonds is 5. The summed E-state index contributed by atoms with van der Waals surface area (Å²) in [5.74, 6) is -1.10. The number of carboxylic acid groups (broad SMARTS) is 1. The fourth-order valence-electron chi connectivity index (χ4n) is 2.96. The molecule has 1 fully saturated rings. The van der Waals surface area contributed by atoms with E-state index in [2.05, 4.69) is 10.4 Å². The zero-order valence-electron chi connectivity index (χ0n) is 14.0. The largest absolute Gasteiger partial charge is 0.481 e. The lowest BCUT2D eigenvalue weighted by molar-refractivity contribution is -0.143. The van der Waals surface area contributed by atoms with Gasteiger partial charge in [-0.2, -0.15) is 5.10 Å². The van der Waals surface area contributed by atoms with Gasteiger partial charge in [0.2, 0.25) is 0 Å². The third-order valence-corrected chi connectivity index (χ3v) is 4.50. The monoisotopic (exact) mass is 342 g/mol. The first-order valence-electron chi connectivity index (χ1n) is 8.42. The van der Waals surface area contributed by atoms with Gasteiger partial charge < -0.3 is 15.3 Å². The lowest BCUT2D eigenvalue weighted by Gasteiger charge is -2.30. The molecule has 1 aromatic heterocycles. The molecule has 7 heteroatoms. The Morgan fingerprint density at radius 1 is 1.16 bits per heavy atom. The minimum atomic E-state index is -0.768. The van der Waals surface area contributed by atoms with E-state index in [9.17, 15) is 9.59 Å². The summed E-state index contributed by atoms with van der Waals surface area (Å²) in [4.78, 5) is 24.8. The van der Waals surface area contributed by atoms with E-state index in [4.69, 9.17) is 5.11 Å². The number of carbonyl (C=O) groups is 2. The first-order chi connectivity index (χ1) is 12.1. The van der Waals surface area contributed by atoms with Gasteiger partial charge in [0.15, 0.2) is 0 Å². The van der Waals surface area contributed by atoms with E-state index in [-0.39, 0.29) is 11.9 Å². The second kappa shape index (κ2) is 7.83. The van der Waals surface area contributed by atoms with Crippen molar-refractivity contribution >= 4 is 12.0 Å². The van der Waals surface area contributed by atoms with Gasteiger partial charge in [0, 0.05) is 32.0 Å². The van der Waals surface area contributed by atoms with Crippen molar-refractivity contribution in [3.63, 3.8) is 0 Å². The van der Waals surface area contributed by atoms with E-state index in [1.165, 1.54) is 0 Å². The zero-order chi connectivity index (χ0) is 17.6. The van der Waals surface area contributed by atoms with Gasteiger partial charge in [-0.15, -0.1) is 0 Å². The molecule has 1 aliphatic rings. The number of urea groups is 1. The van der Waals surface area contributed by atoms with E-state index < -0.39 is 5.97 Å². The van der Waals surface area contributed by atoms with Crippen molar-refractivity contribution in [2.75, 3.05) is 13.1 Å². The number of carboxylic acids is 1. The molecule has 1 saturated heterocycles. The smallest absolute Gasteiger partial charge is 0.317 e. The molecule has 25 heavy (non-hydrogen) atoms. The Kier molecular flexibility index (Phi) is 5.33. The zero-order valence-corrected chi connectivity index (χ0v) is 14.0. The van der Waals surface area contributed by atoms with Crippen molar-refractivity contribution in [3.05, 3.63) is 53.9 Å². The van der Waals surface area contributed by atoms with Crippen molar-refractivity contribution < 1.29 is 14.7 Å². The van der Waals surface area contributed by atoms with E-state index in [0.717, 1.165) is 17.7 Å². The molecule has 0 saturated carbocycles. The first-order valence-corrected chi connectivity index (χ1v) is 8.42. The summed E-state index contributed by atoms with van der Waals surface area (Å²) in [7, 11) is 0. The molecule has 0 unspecified atom stereocenters. The Morgan fingerprint density at radius 3 is 2.44 bits per heavy atom. The van der Waals surface area contributed by atoms with Crippen molar-refractivity contribution in [1.29, 1.82) is 0 Å². The molecule has 1 aromatic carbocycles. The highest BCUT2D eigenvalue weighted by Gasteiger charge is 2.26. The molecule has 0 radical (unpaired) electrons. The summed E-state index contributed by atoms with van der Waals surface area (Å²) in [6.07, 6.45) is 4.71. The Labute approximate surface area is 146 Å². The normalized spacial score (nSPS) is 15.1. The molecular formula is C18H22N4O3. The number of hydrogen-bond donors (Lipinski definition) is 2. The van der Waals surface area contributed by atoms with Crippen LogP contribution >= 0.6 is 0 Å². The average molecular weight is 342 g/mol. The van der Waals surface area contributed by atoms with Crippen LogP contribution in [0.15, 0.2) is 42.7 Å². The maximum absolute atomic E-state index is 12.2. The number of nitrogens with one attached hydrogen (secondary N) is 1. The predicted molar refractivity (Wildman–Crippen MR) is 91.9 cm³/mol. The summed E-state index contributed by atoms with van der Waals surface area (Å²) in [6, 6.07) is 9.81. The standard InChI is InChI=1S/C18H22N4O3/c23-17(24)16-6-10-21(11-7-16)18(25)19-12-14-2-4-15(5-3-14)13-22-9-1-8-20-22/h1-5,8-9,16H,6-7,10-13H2,(H,19,25)(H,23,24). The molecule has 0 atom stereocenters. The second-order valence-electron chi connectivity index (χ2n) is 6.28. The Bertz CT molecular complexity index is 704. The van der Waals surface area contributed by atoms with Gasteiger partial charge in [0.25, 0.3) is 0 Å². The van der Waals surface area contributed by atoms with Gasteiger partial charge in [-0.25, -0.2) is 4.79 Å². The molecule has 2 heterocycles. The van der Waals surface area contributed by atoms with Crippen LogP contribution in [0.5, 0.6) is 0 Å². The van der Waals surface area contributed by atoms with E-state index in [0.29, 0.717) is 32.5 Å². The topological polar surface area (TPSA) is 87.5 Å². The van der Waals surface area contributed by atoms with Crippen LogP contribution < -0.4 is 5.32 Å². The maximum atomic E-state index is 12.2. The first kappa shape index (κ1) is 17.0. The van der Waals surface area contributed by atoms with Crippen molar-refractivity contribution in [2.24, 2.45) is 5.92 Å². The molecule has 0 aliphatic carbocycles. The minimum Gasteiger partial charge on any atom is -0.481 e. The Hall–Kier alpha value is -2.83. The number of likely N-dealkylation sites (tertiary alicyclic amines) is 1. The molecule has 7 nitrogen and oxygen atoms in total. The summed E-state index contributed by atoms with van der Waals surface area (Å²) in [5, 5.41) is 16.1. The van der Waals surface area contributed by atoms with Gasteiger partial charge in [-0.05, 0) is 30.0 Å². The third kappa shape index (κ3) is 4.59. The van der Waals surface area contributed by atoms with Crippen LogP contribution in [0.25, 0.3) is 0 Å². The van der Waals surface area contributed by atoms with Crippen molar-refractivity contribution in [1.82, 2.24) is 20.0 Å². The lowest BCUT2D eigenvalue weighted by atomic mass is 9.97. The van der Waals surface area contributed by atoms with Crippen LogP contribution in [0.4, 0.5) is 4.79 Å². The summed E-state index contributed by atoms with van der Waals surface area (Å²) in [6.45, 7) is 2.16. The fraction of sp³-hybridized carbons (Fsp3) is 0.389. The lowest BCUT2D eigenvalue weighted by Crippen LogP contribution is -2.45. The summed E-state index contributed by atoms with van der Waals surface area (Å²) < 4.78 is 1.86.